The highest BCUT2D eigenvalue weighted by atomic mass is 79.9. The second-order valence-corrected chi connectivity index (χ2v) is 7.73. The van der Waals surface area contributed by atoms with Crippen molar-refractivity contribution in [2.45, 2.75) is 33.6 Å². The molecule has 1 aliphatic rings. The van der Waals surface area contributed by atoms with Crippen LogP contribution in [0.15, 0.2) is 40.9 Å². The number of nitrogens with one attached hydrogen (secondary N) is 1. The average Bonchev–Trinajstić information content (AvgIpc) is 3.00. The van der Waals surface area contributed by atoms with E-state index < -0.39 is 0 Å². The molecule has 2 aromatic rings. The Morgan fingerprint density at radius 3 is 2.65 bits per heavy atom. The first kappa shape index (κ1) is 18.6. The molecule has 4 nitrogen and oxygen atoms in total. The summed E-state index contributed by atoms with van der Waals surface area (Å²) in [6, 6.07) is 11.8. The van der Waals surface area contributed by atoms with Gasteiger partial charge >= 0.3 is 0 Å². The van der Waals surface area contributed by atoms with E-state index in [1.807, 2.05) is 50.2 Å². The predicted octanol–water partition coefficient (Wildman–Crippen LogP) is 4.62. The smallest absolute Gasteiger partial charge is 0.229 e. The quantitative estimate of drug-likeness (QED) is 0.792. The molecule has 2 amide bonds. The van der Waals surface area contributed by atoms with Crippen molar-refractivity contribution in [2.24, 2.45) is 5.92 Å². The average molecular weight is 415 g/mol. The Morgan fingerprint density at radius 2 is 1.96 bits per heavy atom. The zero-order valence-electron chi connectivity index (χ0n) is 15.3. The summed E-state index contributed by atoms with van der Waals surface area (Å²) in [7, 11) is 0. The molecule has 0 radical (unpaired) electrons. The molecule has 5 heteroatoms. The van der Waals surface area contributed by atoms with Gasteiger partial charge in [0.05, 0.1) is 5.92 Å². The van der Waals surface area contributed by atoms with Crippen molar-refractivity contribution in [3.05, 3.63) is 57.6 Å². The van der Waals surface area contributed by atoms with Crippen molar-refractivity contribution in [1.82, 2.24) is 0 Å². The molecule has 1 fully saturated rings. The van der Waals surface area contributed by atoms with Gasteiger partial charge in [-0.05, 0) is 67.3 Å². The lowest BCUT2D eigenvalue weighted by atomic mass is 10.1. The van der Waals surface area contributed by atoms with Gasteiger partial charge in [0.2, 0.25) is 11.8 Å². The molecule has 2 aromatic carbocycles. The Labute approximate surface area is 162 Å². The van der Waals surface area contributed by atoms with Gasteiger partial charge in [-0.1, -0.05) is 28.9 Å². The van der Waals surface area contributed by atoms with E-state index >= 15 is 0 Å². The van der Waals surface area contributed by atoms with Crippen molar-refractivity contribution < 1.29 is 9.59 Å². The normalized spacial score (nSPS) is 16.8. The highest BCUT2D eigenvalue weighted by molar-refractivity contribution is 9.10. The molecule has 1 atom stereocenters. The van der Waals surface area contributed by atoms with Gasteiger partial charge in [0.25, 0.3) is 0 Å². The van der Waals surface area contributed by atoms with Crippen LogP contribution in [0.1, 0.15) is 30.0 Å². The molecular formula is C21H23BrN2O2. The molecule has 0 spiro atoms. The number of hydrogen-bond acceptors (Lipinski definition) is 2. The molecule has 0 aliphatic carbocycles. The molecule has 1 heterocycles. The van der Waals surface area contributed by atoms with E-state index in [0.29, 0.717) is 6.54 Å². The van der Waals surface area contributed by atoms with Gasteiger partial charge < -0.3 is 10.2 Å². The minimum atomic E-state index is -0.336. The first-order valence-corrected chi connectivity index (χ1v) is 9.65. The van der Waals surface area contributed by atoms with Gasteiger partial charge in [0, 0.05) is 28.8 Å². The van der Waals surface area contributed by atoms with Crippen LogP contribution in [0.25, 0.3) is 0 Å². The first-order chi connectivity index (χ1) is 12.4. The van der Waals surface area contributed by atoms with E-state index in [1.165, 1.54) is 5.56 Å². The molecule has 3 rings (SSSR count). The molecule has 0 aromatic heterocycles. The third-order valence-corrected chi connectivity index (χ3v) is 5.50. The van der Waals surface area contributed by atoms with Crippen molar-refractivity contribution in [3.8, 4) is 0 Å². The lowest BCUT2D eigenvalue weighted by Crippen LogP contribution is -2.28. The molecular weight excluding hydrogens is 392 g/mol. The molecule has 0 saturated carbocycles. The Hall–Kier alpha value is -2.14. The topological polar surface area (TPSA) is 49.4 Å². The SMILES string of the molecule is CCc1cc(Br)ccc1NC(=O)[C@H]1CC(=O)N(c2ccc(C)c(C)c2)C1. The van der Waals surface area contributed by atoms with Gasteiger partial charge in [-0.15, -0.1) is 0 Å². The first-order valence-electron chi connectivity index (χ1n) is 8.86. The van der Waals surface area contributed by atoms with Crippen LogP contribution in [0.3, 0.4) is 0 Å². The number of carbonyl (C=O) groups excluding carboxylic acids is 2. The fraction of sp³-hybridized carbons (Fsp3) is 0.333. The number of halogens is 1. The molecule has 0 unspecified atom stereocenters. The van der Waals surface area contributed by atoms with E-state index in [2.05, 4.69) is 28.2 Å². The maximum Gasteiger partial charge on any atom is 0.229 e. The molecule has 26 heavy (non-hydrogen) atoms. The highest BCUT2D eigenvalue weighted by Crippen LogP contribution is 2.28. The minimum absolute atomic E-state index is 0.0000702. The summed E-state index contributed by atoms with van der Waals surface area (Å²) in [5.74, 6) is -0.431. The Bertz CT molecular complexity index is 863. The minimum Gasteiger partial charge on any atom is -0.326 e. The van der Waals surface area contributed by atoms with E-state index in [4.69, 9.17) is 0 Å². The third-order valence-electron chi connectivity index (χ3n) is 5.00. The van der Waals surface area contributed by atoms with Crippen molar-refractivity contribution in [1.29, 1.82) is 0 Å². The maximum atomic E-state index is 12.7. The number of carbonyl (C=O) groups is 2. The van der Waals surface area contributed by atoms with E-state index in [0.717, 1.165) is 33.4 Å². The molecule has 1 aliphatic heterocycles. The standard InChI is InChI=1S/C21H23BrN2O2/c1-4-15-10-17(22)6-8-19(15)23-21(26)16-11-20(25)24(12-16)18-7-5-13(2)14(3)9-18/h5-10,16H,4,11-12H2,1-3H3,(H,23,26)/t16-/m0/s1. The maximum absolute atomic E-state index is 12.7. The van der Waals surface area contributed by atoms with Crippen LogP contribution < -0.4 is 10.2 Å². The summed E-state index contributed by atoms with van der Waals surface area (Å²) >= 11 is 3.46. The Balaban J connectivity index is 1.74. The van der Waals surface area contributed by atoms with Crippen LogP contribution in [-0.2, 0) is 16.0 Å². The van der Waals surface area contributed by atoms with Crippen molar-refractivity contribution in [3.63, 3.8) is 0 Å². The van der Waals surface area contributed by atoms with Gasteiger partial charge in [-0.3, -0.25) is 9.59 Å². The number of rotatable bonds is 4. The molecule has 1 saturated heterocycles. The Kier molecular flexibility index (Phi) is 5.47. The van der Waals surface area contributed by atoms with Crippen molar-refractivity contribution in [2.75, 3.05) is 16.8 Å². The predicted molar refractivity (Wildman–Crippen MR) is 109 cm³/mol. The fourth-order valence-electron chi connectivity index (χ4n) is 3.24. The summed E-state index contributed by atoms with van der Waals surface area (Å²) in [4.78, 5) is 26.9. The van der Waals surface area contributed by atoms with Crippen LogP contribution in [-0.4, -0.2) is 18.4 Å². The highest BCUT2D eigenvalue weighted by Gasteiger charge is 2.35. The zero-order valence-corrected chi connectivity index (χ0v) is 16.9. The van der Waals surface area contributed by atoms with Crippen LogP contribution in [0.2, 0.25) is 0 Å². The van der Waals surface area contributed by atoms with Crippen LogP contribution in [0.4, 0.5) is 11.4 Å². The lowest BCUT2D eigenvalue weighted by molar-refractivity contribution is -0.122. The molecule has 136 valence electrons. The number of amides is 2. The third kappa shape index (κ3) is 3.83. The fourth-order valence-corrected chi connectivity index (χ4v) is 3.65. The molecule has 1 N–H and O–H groups in total. The largest absolute Gasteiger partial charge is 0.326 e. The summed E-state index contributed by atoms with van der Waals surface area (Å²) in [6.07, 6.45) is 1.07. The van der Waals surface area contributed by atoms with E-state index in [1.54, 1.807) is 4.90 Å². The summed E-state index contributed by atoms with van der Waals surface area (Å²) in [5, 5.41) is 3.01. The van der Waals surface area contributed by atoms with Crippen LogP contribution >= 0.6 is 15.9 Å². The second-order valence-electron chi connectivity index (χ2n) is 6.82. The van der Waals surface area contributed by atoms with Crippen LogP contribution in [0.5, 0.6) is 0 Å². The number of nitrogens with zero attached hydrogens (tertiary/aromatic N) is 1. The van der Waals surface area contributed by atoms with Crippen LogP contribution in [0, 0.1) is 19.8 Å². The van der Waals surface area contributed by atoms with E-state index in [9.17, 15) is 9.59 Å². The van der Waals surface area contributed by atoms with Crippen molar-refractivity contribution >= 4 is 39.1 Å². The number of aryl methyl sites for hydroxylation is 3. The summed E-state index contributed by atoms with van der Waals surface area (Å²) in [5.41, 5.74) is 5.09. The number of hydrogen-bond donors (Lipinski definition) is 1. The molecule has 0 bridgehead atoms. The second kappa shape index (κ2) is 7.62. The number of anilines is 2. The zero-order chi connectivity index (χ0) is 18.8. The van der Waals surface area contributed by atoms with Gasteiger partial charge in [-0.2, -0.15) is 0 Å². The lowest BCUT2D eigenvalue weighted by Gasteiger charge is -2.18. The summed E-state index contributed by atoms with van der Waals surface area (Å²) < 4.78 is 0.990. The number of benzene rings is 2. The monoisotopic (exact) mass is 414 g/mol. The van der Waals surface area contributed by atoms with Gasteiger partial charge in [0.1, 0.15) is 0 Å². The summed E-state index contributed by atoms with van der Waals surface area (Å²) in [6.45, 7) is 6.55. The Morgan fingerprint density at radius 1 is 1.19 bits per heavy atom. The van der Waals surface area contributed by atoms with Gasteiger partial charge in [0.15, 0.2) is 0 Å². The van der Waals surface area contributed by atoms with Gasteiger partial charge in [-0.25, -0.2) is 0 Å². The van der Waals surface area contributed by atoms with E-state index in [-0.39, 0.29) is 24.2 Å².